The number of alkyl halides is 3. The number of hydrogen-bond donors (Lipinski definition) is 2. The van der Waals surface area contributed by atoms with Crippen LogP contribution in [0.2, 0.25) is 5.02 Å². The van der Waals surface area contributed by atoms with Gasteiger partial charge in [0, 0.05) is 18.8 Å². The maximum absolute atomic E-state index is 13.0. The van der Waals surface area contributed by atoms with Gasteiger partial charge in [0.2, 0.25) is 15.2 Å². The van der Waals surface area contributed by atoms with Gasteiger partial charge in [-0.25, -0.2) is 8.42 Å². The maximum atomic E-state index is 13.0. The quantitative estimate of drug-likeness (QED) is 0.439. The molecule has 0 unspecified atom stereocenters. The number of rotatable bonds is 6. The fourth-order valence-corrected chi connectivity index (χ4v) is 4.87. The fraction of sp³-hybridized carbons (Fsp3) is 0.263. The van der Waals surface area contributed by atoms with Gasteiger partial charge in [0.05, 0.1) is 29.5 Å². The number of nitrogens with zero attached hydrogens (tertiary/aromatic N) is 2. The van der Waals surface area contributed by atoms with Crippen LogP contribution >= 0.6 is 23.2 Å². The zero-order chi connectivity index (χ0) is 24.2. The number of carbonyl (C=O) groups is 1. The zero-order valence-corrected chi connectivity index (χ0v) is 19.0. The molecule has 1 aliphatic heterocycles. The van der Waals surface area contributed by atoms with Gasteiger partial charge in [0.25, 0.3) is 5.91 Å². The Balaban J connectivity index is 1.76. The van der Waals surface area contributed by atoms with Crippen molar-refractivity contribution in [2.24, 2.45) is 5.10 Å². The highest BCUT2D eigenvalue weighted by atomic mass is 35.5. The molecule has 1 saturated heterocycles. The van der Waals surface area contributed by atoms with Gasteiger partial charge in [0.1, 0.15) is 4.90 Å². The first kappa shape index (κ1) is 25.2. The average Bonchev–Trinajstić information content (AvgIpc) is 2.78. The summed E-state index contributed by atoms with van der Waals surface area (Å²) in [5.74, 6) is -0.981. The van der Waals surface area contributed by atoms with Gasteiger partial charge in [-0.3, -0.25) is 10.2 Å². The fourth-order valence-electron chi connectivity index (χ4n) is 2.88. The second kappa shape index (κ2) is 10.3. The molecule has 1 heterocycles. The first-order valence-corrected chi connectivity index (χ1v) is 11.5. The lowest BCUT2D eigenvalue weighted by molar-refractivity contribution is -0.137. The van der Waals surface area contributed by atoms with Crippen molar-refractivity contribution < 1.29 is 31.1 Å². The second-order valence-corrected chi connectivity index (χ2v) is 9.35. The van der Waals surface area contributed by atoms with Crippen molar-refractivity contribution in [3.05, 3.63) is 53.1 Å². The highest BCUT2D eigenvalue weighted by molar-refractivity contribution is 7.89. The van der Waals surface area contributed by atoms with Crippen LogP contribution in [0.15, 0.2) is 52.5 Å². The summed E-state index contributed by atoms with van der Waals surface area (Å²) >= 11 is 11.9. The van der Waals surface area contributed by atoms with Crippen LogP contribution in [0.1, 0.15) is 5.56 Å². The Morgan fingerprint density at radius 2 is 1.79 bits per heavy atom. The number of hydrazone groups is 1. The summed E-state index contributed by atoms with van der Waals surface area (Å²) in [4.78, 5) is 12.1. The Hall–Kier alpha value is -2.38. The number of anilines is 2. The molecule has 178 valence electrons. The maximum Gasteiger partial charge on any atom is 0.418 e. The first-order chi connectivity index (χ1) is 15.5. The van der Waals surface area contributed by atoms with E-state index in [-0.39, 0.29) is 41.9 Å². The number of amides is 1. The Kier molecular flexibility index (Phi) is 7.85. The third kappa shape index (κ3) is 6.15. The van der Waals surface area contributed by atoms with Gasteiger partial charge in [-0.1, -0.05) is 35.3 Å². The number of benzene rings is 2. The summed E-state index contributed by atoms with van der Waals surface area (Å²) in [6.45, 7) is 0.783. The number of morpholine rings is 1. The molecule has 0 radical (unpaired) electrons. The number of para-hydroxylation sites is 1. The van der Waals surface area contributed by atoms with Crippen molar-refractivity contribution in [3.63, 3.8) is 0 Å². The topological polar surface area (TPSA) is 100 Å². The number of ether oxygens (including phenoxy) is 1. The molecule has 0 aromatic heterocycles. The summed E-state index contributed by atoms with van der Waals surface area (Å²) < 4.78 is 71.3. The van der Waals surface area contributed by atoms with Crippen LogP contribution < -0.4 is 10.7 Å². The zero-order valence-electron chi connectivity index (χ0n) is 16.7. The Labute approximate surface area is 197 Å². The minimum Gasteiger partial charge on any atom is -0.379 e. The van der Waals surface area contributed by atoms with Crippen molar-refractivity contribution >= 4 is 55.7 Å². The van der Waals surface area contributed by atoms with Crippen molar-refractivity contribution in [3.8, 4) is 0 Å². The van der Waals surface area contributed by atoms with Gasteiger partial charge >= 0.3 is 6.18 Å². The van der Waals surface area contributed by atoms with Crippen molar-refractivity contribution in [2.75, 3.05) is 37.0 Å². The molecule has 0 saturated carbocycles. The lowest BCUT2D eigenvalue weighted by Crippen LogP contribution is -2.40. The van der Waals surface area contributed by atoms with E-state index in [2.05, 4.69) is 15.8 Å². The van der Waals surface area contributed by atoms with Crippen LogP contribution in [0.3, 0.4) is 0 Å². The largest absolute Gasteiger partial charge is 0.418 e. The number of sulfonamides is 1. The third-order valence-corrected chi connectivity index (χ3v) is 7.11. The van der Waals surface area contributed by atoms with Gasteiger partial charge < -0.3 is 10.1 Å². The van der Waals surface area contributed by atoms with Crippen LogP contribution in [0.4, 0.5) is 24.5 Å². The molecule has 2 N–H and O–H groups in total. The average molecular weight is 525 g/mol. The number of nitrogens with one attached hydrogen (secondary N) is 2. The molecule has 2 aromatic rings. The highest BCUT2D eigenvalue weighted by Gasteiger charge is 2.33. The van der Waals surface area contributed by atoms with Crippen LogP contribution in [0.25, 0.3) is 0 Å². The summed E-state index contributed by atoms with van der Waals surface area (Å²) in [5, 5.41) is 5.06. The van der Waals surface area contributed by atoms with Crippen molar-refractivity contribution in [1.29, 1.82) is 0 Å². The van der Waals surface area contributed by atoms with E-state index < -0.39 is 38.5 Å². The molecule has 1 amide bonds. The monoisotopic (exact) mass is 524 g/mol. The molecule has 1 aliphatic rings. The molecule has 3 rings (SSSR count). The molecule has 0 atom stereocenters. The summed E-state index contributed by atoms with van der Waals surface area (Å²) in [6, 6.07) is 8.30. The van der Waals surface area contributed by atoms with E-state index in [1.54, 1.807) is 0 Å². The Morgan fingerprint density at radius 3 is 2.45 bits per heavy atom. The van der Waals surface area contributed by atoms with Gasteiger partial charge in [-0.2, -0.15) is 22.6 Å². The SMILES string of the molecule is O=C(Nc1ccc(Cl)c(S(=O)(=O)N2CCOCC2)c1)/C(Cl)=N/Nc1ccccc1C(F)(F)F. The molecule has 14 heteroatoms. The van der Waals surface area contributed by atoms with E-state index in [1.807, 2.05) is 0 Å². The van der Waals surface area contributed by atoms with Crippen LogP contribution in [0, 0.1) is 0 Å². The number of halogens is 5. The molecule has 33 heavy (non-hydrogen) atoms. The standard InChI is InChI=1S/C19H17Cl2F3N4O4S/c20-14-6-5-12(11-16(14)33(30,31)28-7-9-32-10-8-28)25-18(29)17(21)27-26-15-4-2-1-3-13(15)19(22,23)24/h1-6,11,26H,7-10H2,(H,25,29)/b27-17-. The predicted molar refractivity (Wildman–Crippen MR) is 118 cm³/mol. The summed E-state index contributed by atoms with van der Waals surface area (Å²) in [7, 11) is -3.95. The minimum atomic E-state index is -4.64. The van der Waals surface area contributed by atoms with Crippen molar-refractivity contribution in [1.82, 2.24) is 4.31 Å². The van der Waals surface area contributed by atoms with E-state index >= 15 is 0 Å². The Morgan fingerprint density at radius 1 is 1.12 bits per heavy atom. The summed E-state index contributed by atoms with van der Waals surface area (Å²) in [6.07, 6.45) is -4.64. The second-order valence-electron chi connectivity index (χ2n) is 6.67. The van der Waals surface area contributed by atoms with Crippen molar-refractivity contribution in [2.45, 2.75) is 11.1 Å². The van der Waals surface area contributed by atoms with E-state index in [9.17, 15) is 26.4 Å². The van der Waals surface area contributed by atoms with Gasteiger partial charge in [0.15, 0.2) is 0 Å². The normalized spacial score (nSPS) is 15.8. The lowest BCUT2D eigenvalue weighted by atomic mass is 10.2. The first-order valence-electron chi connectivity index (χ1n) is 9.34. The minimum absolute atomic E-state index is 0.0419. The molecular formula is C19H17Cl2F3N4O4S. The molecule has 2 aromatic carbocycles. The van der Waals surface area contributed by atoms with E-state index in [0.717, 1.165) is 18.2 Å². The van der Waals surface area contributed by atoms with Gasteiger partial charge in [-0.15, -0.1) is 0 Å². The smallest absolute Gasteiger partial charge is 0.379 e. The molecule has 0 aliphatic carbocycles. The predicted octanol–water partition coefficient (Wildman–Crippen LogP) is 3.98. The molecule has 8 nitrogen and oxygen atoms in total. The van der Waals surface area contributed by atoms with Crippen LogP contribution in [-0.4, -0.2) is 50.1 Å². The molecule has 0 bridgehead atoms. The van der Waals surface area contributed by atoms with E-state index in [0.29, 0.717) is 0 Å². The third-order valence-electron chi connectivity index (χ3n) is 4.47. The van der Waals surface area contributed by atoms with Crippen LogP contribution in [0.5, 0.6) is 0 Å². The number of carbonyl (C=O) groups excluding carboxylic acids is 1. The number of hydrogen-bond acceptors (Lipinski definition) is 6. The summed E-state index contributed by atoms with van der Waals surface area (Å²) in [5.41, 5.74) is 0.763. The van der Waals surface area contributed by atoms with Gasteiger partial charge in [-0.05, 0) is 30.3 Å². The molecular weight excluding hydrogens is 508 g/mol. The Bertz CT molecular complexity index is 1170. The van der Waals surface area contributed by atoms with E-state index in [1.165, 1.54) is 28.6 Å². The lowest BCUT2D eigenvalue weighted by Gasteiger charge is -2.26. The molecule has 0 spiro atoms. The highest BCUT2D eigenvalue weighted by Crippen LogP contribution is 2.34. The van der Waals surface area contributed by atoms with Crippen LogP contribution in [-0.2, 0) is 25.7 Å². The van der Waals surface area contributed by atoms with E-state index in [4.69, 9.17) is 27.9 Å². The molecule has 1 fully saturated rings.